The Morgan fingerprint density at radius 1 is 1.47 bits per heavy atom. The van der Waals surface area contributed by atoms with Crippen molar-refractivity contribution in [2.75, 3.05) is 6.61 Å². The van der Waals surface area contributed by atoms with Gasteiger partial charge in [0.05, 0.1) is 6.10 Å². The van der Waals surface area contributed by atoms with Crippen LogP contribution in [0.15, 0.2) is 28.7 Å². The summed E-state index contributed by atoms with van der Waals surface area (Å²) in [6.07, 6.45) is 1.000. The summed E-state index contributed by atoms with van der Waals surface area (Å²) < 4.78 is 6.81. The van der Waals surface area contributed by atoms with Gasteiger partial charge in [-0.3, -0.25) is 0 Å². The van der Waals surface area contributed by atoms with Crippen molar-refractivity contribution in [1.29, 1.82) is 0 Å². The predicted molar refractivity (Wildman–Crippen MR) is 66.8 cm³/mol. The SMILES string of the molecule is CCCOC(c1cccc(Br)c1)C(C)N. The molecule has 0 aliphatic rings. The van der Waals surface area contributed by atoms with Gasteiger partial charge in [0.2, 0.25) is 0 Å². The van der Waals surface area contributed by atoms with Gasteiger partial charge < -0.3 is 10.5 Å². The van der Waals surface area contributed by atoms with E-state index in [4.69, 9.17) is 10.5 Å². The first-order chi connectivity index (χ1) is 7.15. The number of halogens is 1. The Morgan fingerprint density at radius 3 is 2.73 bits per heavy atom. The lowest BCUT2D eigenvalue weighted by molar-refractivity contribution is 0.0387. The van der Waals surface area contributed by atoms with Crippen LogP contribution in [0, 0.1) is 0 Å². The van der Waals surface area contributed by atoms with E-state index in [2.05, 4.69) is 35.0 Å². The van der Waals surface area contributed by atoms with Crippen LogP contribution in [0.4, 0.5) is 0 Å². The van der Waals surface area contributed by atoms with Crippen LogP contribution >= 0.6 is 15.9 Å². The molecule has 0 saturated carbocycles. The minimum Gasteiger partial charge on any atom is -0.372 e. The van der Waals surface area contributed by atoms with Gasteiger partial charge in [-0.25, -0.2) is 0 Å². The molecule has 2 nitrogen and oxygen atoms in total. The summed E-state index contributed by atoms with van der Waals surface area (Å²) in [6.45, 7) is 4.82. The van der Waals surface area contributed by atoms with Crippen LogP contribution in [-0.4, -0.2) is 12.6 Å². The Morgan fingerprint density at radius 2 is 2.20 bits per heavy atom. The fourth-order valence-corrected chi connectivity index (χ4v) is 1.90. The van der Waals surface area contributed by atoms with Crippen molar-refractivity contribution in [2.45, 2.75) is 32.4 Å². The minimum absolute atomic E-state index is 0.00542. The first kappa shape index (κ1) is 12.7. The lowest BCUT2D eigenvalue weighted by atomic mass is 10.0. The topological polar surface area (TPSA) is 35.2 Å². The lowest BCUT2D eigenvalue weighted by Gasteiger charge is -2.21. The smallest absolute Gasteiger partial charge is 0.0973 e. The van der Waals surface area contributed by atoms with E-state index >= 15 is 0 Å². The molecule has 0 amide bonds. The Balaban J connectivity index is 2.79. The first-order valence-electron chi connectivity index (χ1n) is 5.27. The van der Waals surface area contributed by atoms with Gasteiger partial charge in [-0.2, -0.15) is 0 Å². The van der Waals surface area contributed by atoms with Crippen molar-refractivity contribution in [2.24, 2.45) is 5.73 Å². The molecule has 1 aromatic rings. The van der Waals surface area contributed by atoms with Crippen molar-refractivity contribution in [3.8, 4) is 0 Å². The summed E-state index contributed by atoms with van der Waals surface area (Å²) in [5.41, 5.74) is 7.05. The van der Waals surface area contributed by atoms with Crippen LogP contribution in [0.5, 0.6) is 0 Å². The maximum absolute atomic E-state index is 5.92. The third kappa shape index (κ3) is 3.93. The average molecular weight is 272 g/mol. The average Bonchev–Trinajstić information content (AvgIpc) is 2.18. The van der Waals surface area contributed by atoms with E-state index in [9.17, 15) is 0 Å². The third-order valence-electron chi connectivity index (χ3n) is 2.16. The van der Waals surface area contributed by atoms with Crippen LogP contribution in [0.1, 0.15) is 31.9 Å². The largest absolute Gasteiger partial charge is 0.372 e. The van der Waals surface area contributed by atoms with E-state index in [-0.39, 0.29) is 12.1 Å². The highest BCUT2D eigenvalue weighted by Gasteiger charge is 2.16. The fourth-order valence-electron chi connectivity index (χ4n) is 1.48. The molecule has 3 heteroatoms. The number of ether oxygens (including phenoxy) is 1. The second-order valence-corrected chi connectivity index (χ2v) is 4.62. The van der Waals surface area contributed by atoms with Gasteiger partial charge in [-0.05, 0) is 31.0 Å². The molecule has 2 atom stereocenters. The predicted octanol–water partition coefficient (Wildman–Crippen LogP) is 3.26. The highest BCUT2D eigenvalue weighted by Crippen LogP contribution is 2.23. The molecule has 0 saturated heterocycles. The van der Waals surface area contributed by atoms with E-state index in [1.165, 1.54) is 0 Å². The molecule has 2 unspecified atom stereocenters. The molecule has 0 aromatic heterocycles. The molecule has 2 N–H and O–H groups in total. The van der Waals surface area contributed by atoms with E-state index in [0.29, 0.717) is 0 Å². The van der Waals surface area contributed by atoms with Gasteiger partial charge >= 0.3 is 0 Å². The normalized spacial score (nSPS) is 14.9. The summed E-state index contributed by atoms with van der Waals surface area (Å²) >= 11 is 3.45. The Hall–Kier alpha value is -0.380. The Bertz CT molecular complexity index is 301. The van der Waals surface area contributed by atoms with Crippen molar-refractivity contribution in [3.05, 3.63) is 34.3 Å². The van der Waals surface area contributed by atoms with E-state index in [1.807, 2.05) is 19.1 Å². The molecule has 0 bridgehead atoms. The lowest BCUT2D eigenvalue weighted by Crippen LogP contribution is -2.27. The molecule has 1 aromatic carbocycles. The maximum Gasteiger partial charge on any atom is 0.0973 e. The van der Waals surface area contributed by atoms with Crippen LogP contribution < -0.4 is 5.73 Å². The van der Waals surface area contributed by atoms with Gasteiger partial charge in [0.15, 0.2) is 0 Å². The van der Waals surface area contributed by atoms with Gasteiger partial charge in [-0.1, -0.05) is 35.0 Å². The number of nitrogens with two attached hydrogens (primary N) is 1. The summed E-state index contributed by atoms with van der Waals surface area (Å²) in [6, 6.07) is 8.12. The fraction of sp³-hybridized carbons (Fsp3) is 0.500. The quantitative estimate of drug-likeness (QED) is 0.892. The highest BCUT2D eigenvalue weighted by molar-refractivity contribution is 9.10. The second-order valence-electron chi connectivity index (χ2n) is 3.71. The first-order valence-corrected chi connectivity index (χ1v) is 6.07. The minimum atomic E-state index is -0.0116. The van der Waals surface area contributed by atoms with Gasteiger partial charge in [0.25, 0.3) is 0 Å². The molecular formula is C12H18BrNO. The highest BCUT2D eigenvalue weighted by atomic mass is 79.9. The van der Waals surface area contributed by atoms with E-state index < -0.39 is 0 Å². The molecule has 0 aliphatic heterocycles. The monoisotopic (exact) mass is 271 g/mol. The summed E-state index contributed by atoms with van der Waals surface area (Å²) in [7, 11) is 0. The third-order valence-corrected chi connectivity index (χ3v) is 2.65. The van der Waals surface area contributed by atoms with Gasteiger partial charge in [-0.15, -0.1) is 0 Å². The van der Waals surface area contributed by atoms with Crippen LogP contribution in [-0.2, 0) is 4.74 Å². The zero-order valence-electron chi connectivity index (χ0n) is 9.24. The van der Waals surface area contributed by atoms with Crippen molar-refractivity contribution in [3.63, 3.8) is 0 Å². The molecule has 84 valence electrons. The summed E-state index contributed by atoms with van der Waals surface area (Å²) in [5.74, 6) is 0. The number of benzene rings is 1. The number of rotatable bonds is 5. The molecular weight excluding hydrogens is 254 g/mol. The van der Waals surface area contributed by atoms with E-state index in [0.717, 1.165) is 23.1 Å². The number of hydrogen-bond donors (Lipinski definition) is 1. The van der Waals surface area contributed by atoms with Gasteiger partial charge in [0, 0.05) is 17.1 Å². The molecule has 0 spiro atoms. The van der Waals surface area contributed by atoms with Crippen molar-refractivity contribution >= 4 is 15.9 Å². The Labute approximate surface area is 99.9 Å². The molecule has 0 aliphatic carbocycles. The molecule has 15 heavy (non-hydrogen) atoms. The summed E-state index contributed by atoms with van der Waals surface area (Å²) in [5, 5.41) is 0. The molecule has 0 fully saturated rings. The zero-order valence-corrected chi connectivity index (χ0v) is 10.8. The zero-order chi connectivity index (χ0) is 11.3. The summed E-state index contributed by atoms with van der Waals surface area (Å²) in [4.78, 5) is 0. The van der Waals surface area contributed by atoms with Crippen molar-refractivity contribution in [1.82, 2.24) is 0 Å². The van der Waals surface area contributed by atoms with Gasteiger partial charge in [0.1, 0.15) is 0 Å². The van der Waals surface area contributed by atoms with Crippen LogP contribution in [0.3, 0.4) is 0 Å². The maximum atomic E-state index is 5.92. The number of hydrogen-bond acceptors (Lipinski definition) is 2. The second kappa shape index (κ2) is 6.26. The van der Waals surface area contributed by atoms with Crippen LogP contribution in [0.25, 0.3) is 0 Å². The standard InChI is InChI=1S/C12H18BrNO/c1-3-7-15-12(9(2)14)10-5-4-6-11(13)8-10/h4-6,8-9,12H,3,7,14H2,1-2H3. The van der Waals surface area contributed by atoms with E-state index in [1.54, 1.807) is 0 Å². The Kier molecular flexibility index (Phi) is 5.29. The van der Waals surface area contributed by atoms with Crippen LogP contribution in [0.2, 0.25) is 0 Å². The molecule has 0 radical (unpaired) electrons. The molecule has 1 rings (SSSR count). The molecule has 0 heterocycles. The van der Waals surface area contributed by atoms with Crippen molar-refractivity contribution < 1.29 is 4.74 Å².